The van der Waals surface area contributed by atoms with Crippen LogP contribution in [0.15, 0.2) is 48.5 Å². The van der Waals surface area contributed by atoms with Crippen LogP contribution in [0.3, 0.4) is 0 Å². The zero-order valence-electron chi connectivity index (χ0n) is 8.33. The average molecular weight is 244 g/mol. The fourth-order valence-corrected chi connectivity index (χ4v) is 0.973. The molecule has 15 heavy (non-hydrogen) atoms. The molecule has 0 saturated heterocycles. The summed E-state index contributed by atoms with van der Waals surface area (Å²) in [6.45, 7) is 1.56. The fraction of sp³-hybridized carbons (Fsp3) is 0.0833. The molecule has 0 amide bonds. The van der Waals surface area contributed by atoms with Crippen LogP contribution < -0.4 is 0 Å². The summed E-state index contributed by atoms with van der Waals surface area (Å²) >= 11 is 0. The molecule has 2 aromatic carbocycles. The first-order valence-corrected chi connectivity index (χ1v) is 4.33. The van der Waals surface area contributed by atoms with Crippen molar-refractivity contribution in [1.82, 2.24) is 0 Å². The van der Waals surface area contributed by atoms with Crippen LogP contribution in [-0.4, -0.2) is 10.9 Å². The van der Waals surface area contributed by atoms with Gasteiger partial charge in [-0.3, -0.25) is 0 Å². The number of Topliss-reactive ketones (excluding diaryl/α,β-unsaturated/α-hetero) is 1. The van der Waals surface area contributed by atoms with Crippen LogP contribution >= 0.6 is 0 Å². The van der Waals surface area contributed by atoms with Crippen molar-refractivity contribution in [2.75, 3.05) is 0 Å². The van der Waals surface area contributed by atoms with Gasteiger partial charge in [0.1, 0.15) is 5.78 Å². The Labute approximate surface area is 99.8 Å². The Balaban J connectivity index is 0.000000253. The topological polar surface area (TPSA) is 37.3 Å². The third kappa shape index (κ3) is 5.21. The van der Waals surface area contributed by atoms with E-state index in [0.717, 1.165) is 5.56 Å². The zero-order chi connectivity index (χ0) is 10.4. The number of hydrogen-bond acceptors (Lipinski definition) is 2. The maximum Gasteiger partial charge on any atom is 2.00 e. The zero-order valence-corrected chi connectivity index (χ0v) is 9.43. The van der Waals surface area contributed by atoms with Crippen LogP contribution in [0.1, 0.15) is 17.3 Å². The largest absolute Gasteiger partial charge is 2.00 e. The molecule has 0 aliphatic heterocycles. The molecule has 0 fully saturated rings. The smallest absolute Gasteiger partial charge is 0.566 e. The second-order valence-electron chi connectivity index (χ2n) is 2.87. The van der Waals surface area contributed by atoms with Gasteiger partial charge in [-0.05, 0) is 6.92 Å². The normalized spacial score (nSPS) is 8.33. The number of rotatable bonds is 1. The Morgan fingerprint density at radius 3 is 1.60 bits per heavy atom. The van der Waals surface area contributed by atoms with Crippen LogP contribution in [0.25, 0.3) is 0 Å². The molecule has 0 aromatic heterocycles. The molecule has 2 rings (SSSR count). The third-order valence-electron chi connectivity index (χ3n) is 1.71. The molecule has 0 unspecified atom stereocenters. The summed E-state index contributed by atoms with van der Waals surface area (Å²) in [6, 6.07) is 14.2. The van der Waals surface area contributed by atoms with Crippen molar-refractivity contribution in [3.8, 4) is 5.75 Å². The molecule has 0 saturated carbocycles. The summed E-state index contributed by atoms with van der Waals surface area (Å²) in [7, 11) is 0. The van der Waals surface area contributed by atoms with Gasteiger partial charge in [-0.1, -0.05) is 5.56 Å². The molecule has 0 atom stereocenters. The summed E-state index contributed by atoms with van der Waals surface area (Å²) in [6.07, 6.45) is 0. The van der Waals surface area contributed by atoms with E-state index < -0.39 is 0 Å². The number of carbonyl (C=O) groups is 1. The van der Waals surface area contributed by atoms with E-state index >= 15 is 0 Å². The first kappa shape index (κ1) is 13.7. The average Bonchev–Trinajstić information content (AvgIpc) is 2.75. The van der Waals surface area contributed by atoms with Crippen molar-refractivity contribution in [2.24, 2.45) is 0 Å². The maximum atomic E-state index is 10.5. The summed E-state index contributed by atoms with van der Waals surface area (Å²) < 4.78 is 0. The minimum atomic E-state index is 0. The van der Waals surface area contributed by atoms with Crippen LogP contribution in [0.5, 0.6) is 5.75 Å². The van der Waals surface area contributed by atoms with Crippen LogP contribution in [-0.2, 0) is 17.1 Å². The quantitative estimate of drug-likeness (QED) is 0.475. The maximum absolute atomic E-state index is 10.5. The third-order valence-corrected chi connectivity index (χ3v) is 1.71. The molecule has 0 aliphatic carbocycles. The van der Waals surface area contributed by atoms with Gasteiger partial charge >= 0.3 is 17.1 Å². The minimum Gasteiger partial charge on any atom is -0.566 e. The van der Waals surface area contributed by atoms with Crippen LogP contribution in [0.4, 0.5) is 0 Å². The van der Waals surface area contributed by atoms with Crippen molar-refractivity contribution in [1.29, 1.82) is 0 Å². The van der Waals surface area contributed by atoms with E-state index in [1.165, 1.54) is 0 Å². The Hall–Kier alpha value is -1.31. The number of carbonyl (C=O) groups excluding carboxylic acids is 1. The molecule has 2 aromatic rings. The number of aromatic hydroxyl groups is 1. The second kappa shape index (κ2) is 7.04. The molecular formula is C12H12FeO2. The Bertz CT molecular complexity index is 360. The van der Waals surface area contributed by atoms with Gasteiger partial charge < -0.3 is 9.90 Å². The monoisotopic (exact) mass is 244 g/mol. The molecule has 80 valence electrons. The summed E-state index contributed by atoms with van der Waals surface area (Å²) in [5.74, 6) is 0.477. The Morgan fingerprint density at radius 1 is 1.00 bits per heavy atom. The van der Waals surface area contributed by atoms with E-state index in [2.05, 4.69) is 0 Å². The molecule has 3 heteroatoms. The molecule has 0 bridgehead atoms. The predicted molar refractivity (Wildman–Crippen MR) is 55.7 cm³/mol. The molecule has 0 radical (unpaired) electrons. The summed E-state index contributed by atoms with van der Waals surface area (Å²) in [5, 5.41) is 8.47. The van der Waals surface area contributed by atoms with E-state index in [-0.39, 0.29) is 22.9 Å². The van der Waals surface area contributed by atoms with E-state index in [9.17, 15) is 4.79 Å². The number of ketones is 1. The predicted octanol–water partition coefficient (Wildman–Crippen LogP) is 2.72. The van der Waals surface area contributed by atoms with Gasteiger partial charge in [-0.2, -0.15) is 12.1 Å². The van der Waals surface area contributed by atoms with E-state index in [0.29, 0.717) is 5.75 Å². The standard InChI is InChI=1S/C7H7O.C5H5O.Fe/c1-6(8)7-4-2-3-5-7;6-5-3-1-2-4-5;/h2-5H,1H3;1-4,6H;/q2*-1;+2. The van der Waals surface area contributed by atoms with E-state index in [1.54, 1.807) is 31.2 Å². The van der Waals surface area contributed by atoms with Crippen molar-refractivity contribution in [2.45, 2.75) is 6.92 Å². The van der Waals surface area contributed by atoms with Gasteiger partial charge in [-0.15, -0.1) is 12.1 Å². The molecule has 0 heterocycles. The minimum absolute atomic E-state index is 0. The fourth-order valence-electron chi connectivity index (χ4n) is 0.973. The van der Waals surface area contributed by atoms with Crippen LogP contribution in [0, 0.1) is 0 Å². The Kier molecular flexibility index (Phi) is 6.43. The van der Waals surface area contributed by atoms with E-state index in [4.69, 9.17) is 5.11 Å². The second-order valence-corrected chi connectivity index (χ2v) is 2.87. The molecule has 0 aliphatic rings. The molecule has 2 nitrogen and oxygen atoms in total. The number of hydrogen-bond donors (Lipinski definition) is 1. The first-order valence-electron chi connectivity index (χ1n) is 4.33. The van der Waals surface area contributed by atoms with Gasteiger partial charge in [0.2, 0.25) is 0 Å². The van der Waals surface area contributed by atoms with Gasteiger partial charge in [-0.25, -0.2) is 24.3 Å². The van der Waals surface area contributed by atoms with Crippen LogP contribution in [0.2, 0.25) is 0 Å². The summed E-state index contributed by atoms with van der Waals surface area (Å²) in [5.41, 5.74) is 0.796. The van der Waals surface area contributed by atoms with Crippen molar-refractivity contribution in [3.05, 3.63) is 54.1 Å². The molecular weight excluding hydrogens is 232 g/mol. The summed E-state index contributed by atoms with van der Waals surface area (Å²) in [4.78, 5) is 10.5. The molecule has 0 spiro atoms. The van der Waals surface area contributed by atoms with E-state index in [1.807, 2.05) is 24.3 Å². The SMILES string of the molecule is CC(=O)[c-]1cccc1.O[c-]1cccc1.[Fe+2]. The molecule has 1 N–H and O–H groups in total. The van der Waals surface area contributed by atoms with Gasteiger partial charge in [0.15, 0.2) is 0 Å². The van der Waals surface area contributed by atoms with Gasteiger partial charge in [0.05, 0.1) is 0 Å². The van der Waals surface area contributed by atoms with Crippen molar-refractivity contribution < 1.29 is 27.0 Å². The first-order chi connectivity index (χ1) is 6.70. The van der Waals surface area contributed by atoms with Gasteiger partial charge in [0.25, 0.3) is 0 Å². The Morgan fingerprint density at radius 2 is 1.40 bits per heavy atom. The van der Waals surface area contributed by atoms with Gasteiger partial charge in [0, 0.05) is 5.75 Å². The van der Waals surface area contributed by atoms with Crippen molar-refractivity contribution in [3.63, 3.8) is 0 Å². The van der Waals surface area contributed by atoms with Crippen molar-refractivity contribution >= 4 is 5.78 Å².